The van der Waals surface area contributed by atoms with Crippen LogP contribution in [-0.2, 0) is 14.6 Å². The minimum Gasteiger partial charge on any atom is -0.468 e. The minimum absolute atomic E-state index is 0.0125. The van der Waals surface area contributed by atoms with Gasteiger partial charge in [-0.1, -0.05) is 31.4 Å². The number of nitrogens with one attached hydrogen (secondary N) is 1. The Hall–Kier alpha value is -2.08. The Kier molecular flexibility index (Phi) is 6.05. The van der Waals surface area contributed by atoms with E-state index in [0.717, 1.165) is 31.2 Å². The zero-order chi connectivity index (χ0) is 19.4. The zero-order valence-electron chi connectivity index (χ0n) is 15.9. The molecule has 0 bridgehead atoms. The topological polar surface area (TPSA) is 76.4 Å². The quantitative estimate of drug-likeness (QED) is 0.807. The molecular formula is C21H27NO4S. The summed E-state index contributed by atoms with van der Waals surface area (Å²) in [5.41, 5.74) is 1.57. The van der Waals surface area contributed by atoms with Crippen molar-refractivity contribution in [2.75, 3.05) is 6.54 Å². The average molecular weight is 390 g/mol. The molecule has 1 aromatic carbocycles. The molecular weight excluding hydrogens is 362 g/mol. The van der Waals surface area contributed by atoms with Crippen LogP contribution in [0.4, 0.5) is 0 Å². The molecule has 2 aromatic rings. The van der Waals surface area contributed by atoms with Crippen molar-refractivity contribution in [2.45, 2.75) is 56.1 Å². The van der Waals surface area contributed by atoms with Crippen LogP contribution in [0.15, 0.2) is 45.9 Å². The van der Waals surface area contributed by atoms with Crippen LogP contribution in [-0.4, -0.2) is 20.9 Å². The summed E-state index contributed by atoms with van der Waals surface area (Å²) in [5.74, 6) is 0.279. The highest BCUT2D eigenvalue weighted by Crippen LogP contribution is 2.32. The smallest absolute Gasteiger partial charge is 0.223 e. The number of benzene rings is 1. The van der Waals surface area contributed by atoms with Gasteiger partial charge < -0.3 is 9.73 Å². The fourth-order valence-corrected chi connectivity index (χ4v) is 5.62. The number of amides is 1. The largest absolute Gasteiger partial charge is 0.468 e. The monoisotopic (exact) mass is 389 g/mol. The van der Waals surface area contributed by atoms with E-state index in [2.05, 4.69) is 5.32 Å². The summed E-state index contributed by atoms with van der Waals surface area (Å²) >= 11 is 0. The molecule has 6 heteroatoms. The molecule has 1 aliphatic carbocycles. The predicted molar refractivity (Wildman–Crippen MR) is 104 cm³/mol. The van der Waals surface area contributed by atoms with Gasteiger partial charge in [-0.05, 0) is 56.0 Å². The predicted octanol–water partition coefficient (Wildman–Crippen LogP) is 4.11. The molecule has 1 aromatic heterocycles. The molecule has 27 heavy (non-hydrogen) atoms. The Balaban J connectivity index is 1.85. The molecule has 1 fully saturated rings. The molecule has 3 rings (SSSR count). The molecule has 1 heterocycles. The lowest BCUT2D eigenvalue weighted by Gasteiger charge is -2.23. The Bertz CT molecular complexity index is 881. The summed E-state index contributed by atoms with van der Waals surface area (Å²) < 4.78 is 32.2. The van der Waals surface area contributed by atoms with E-state index in [1.807, 2.05) is 19.1 Å². The highest BCUT2D eigenvalue weighted by atomic mass is 32.2. The standard InChI is InChI=1S/C21H27NO4S/c1-15-10-11-16(2)19(13-15)27(24,25)20(18-9-6-12-26-18)14-22-21(23)17-7-4-3-5-8-17/h6,9-13,17,20H,3-5,7-8,14H2,1-2H3,(H,22,23)/t20-/m0/s1. The van der Waals surface area contributed by atoms with E-state index in [1.165, 1.54) is 12.7 Å². The maximum Gasteiger partial charge on any atom is 0.223 e. The Labute approximate surface area is 161 Å². The number of aryl methyl sites for hydroxylation is 2. The van der Waals surface area contributed by atoms with E-state index in [9.17, 15) is 13.2 Å². The SMILES string of the molecule is Cc1ccc(C)c(S(=O)(=O)[C@@H](CNC(=O)C2CCCCC2)c2ccco2)c1. The van der Waals surface area contributed by atoms with E-state index < -0.39 is 15.1 Å². The van der Waals surface area contributed by atoms with Gasteiger partial charge in [0.05, 0.1) is 11.2 Å². The molecule has 5 nitrogen and oxygen atoms in total. The number of carbonyl (C=O) groups is 1. The van der Waals surface area contributed by atoms with E-state index in [0.29, 0.717) is 11.3 Å². The molecule has 1 saturated carbocycles. The number of furan rings is 1. The first-order valence-electron chi connectivity index (χ1n) is 9.52. The molecule has 0 aliphatic heterocycles. The molecule has 1 amide bonds. The highest BCUT2D eigenvalue weighted by molar-refractivity contribution is 7.91. The van der Waals surface area contributed by atoms with E-state index in [1.54, 1.807) is 25.1 Å². The number of carbonyl (C=O) groups excluding carboxylic acids is 1. The van der Waals surface area contributed by atoms with Crippen LogP contribution in [0.1, 0.15) is 54.2 Å². The number of sulfone groups is 1. The van der Waals surface area contributed by atoms with Crippen molar-refractivity contribution >= 4 is 15.7 Å². The van der Waals surface area contributed by atoms with Crippen LogP contribution in [0.5, 0.6) is 0 Å². The van der Waals surface area contributed by atoms with Crippen LogP contribution in [0.25, 0.3) is 0 Å². The van der Waals surface area contributed by atoms with Crippen LogP contribution in [0.2, 0.25) is 0 Å². The molecule has 0 saturated heterocycles. The number of hydrogen-bond acceptors (Lipinski definition) is 4. The number of rotatable bonds is 6. The normalized spacial score (nSPS) is 16.8. The second kappa shape index (κ2) is 8.30. The zero-order valence-corrected chi connectivity index (χ0v) is 16.7. The summed E-state index contributed by atoms with van der Waals surface area (Å²) in [6, 6.07) is 8.71. The molecule has 0 radical (unpaired) electrons. The first-order chi connectivity index (χ1) is 12.9. The van der Waals surface area contributed by atoms with Crippen molar-refractivity contribution in [1.82, 2.24) is 5.32 Å². The van der Waals surface area contributed by atoms with Gasteiger partial charge in [-0.3, -0.25) is 4.79 Å². The fraction of sp³-hybridized carbons (Fsp3) is 0.476. The van der Waals surface area contributed by atoms with Gasteiger partial charge in [0.15, 0.2) is 9.84 Å². The first-order valence-corrected chi connectivity index (χ1v) is 11.1. The second-order valence-electron chi connectivity index (χ2n) is 7.40. The molecule has 1 atom stereocenters. The van der Waals surface area contributed by atoms with Crippen molar-refractivity contribution in [1.29, 1.82) is 0 Å². The van der Waals surface area contributed by atoms with Gasteiger partial charge in [-0.2, -0.15) is 0 Å². The van der Waals surface area contributed by atoms with Crippen LogP contribution >= 0.6 is 0 Å². The number of hydrogen-bond donors (Lipinski definition) is 1. The summed E-state index contributed by atoms with van der Waals surface area (Å²) in [5, 5.41) is 1.93. The van der Waals surface area contributed by atoms with Crippen LogP contribution < -0.4 is 5.32 Å². The molecule has 1 N–H and O–H groups in total. The molecule has 0 spiro atoms. The van der Waals surface area contributed by atoms with Crippen molar-refractivity contribution in [3.05, 3.63) is 53.5 Å². The molecule has 0 unspecified atom stereocenters. The third-order valence-corrected chi connectivity index (χ3v) is 7.52. The van der Waals surface area contributed by atoms with Crippen LogP contribution in [0.3, 0.4) is 0 Å². The van der Waals surface area contributed by atoms with Gasteiger partial charge in [0.2, 0.25) is 5.91 Å². The van der Waals surface area contributed by atoms with E-state index in [4.69, 9.17) is 4.42 Å². The lowest BCUT2D eigenvalue weighted by Crippen LogP contribution is -2.36. The van der Waals surface area contributed by atoms with Gasteiger partial charge in [-0.25, -0.2) is 8.42 Å². The summed E-state index contributed by atoms with van der Waals surface area (Å²) in [6.45, 7) is 3.66. The third-order valence-electron chi connectivity index (χ3n) is 5.32. The summed E-state index contributed by atoms with van der Waals surface area (Å²) in [6.07, 6.45) is 6.49. The Morgan fingerprint density at radius 3 is 2.59 bits per heavy atom. The lowest BCUT2D eigenvalue weighted by atomic mass is 9.89. The second-order valence-corrected chi connectivity index (χ2v) is 9.50. The van der Waals surface area contributed by atoms with Gasteiger partial charge in [-0.15, -0.1) is 0 Å². The Morgan fingerprint density at radius 2 is 1.93 bits per heavy atom. The highest BCUT2D eigenvalue weighted by Gasteiger charge is 2.33. The van der Waals surface area contributed by atoms with E-state index in [-0.39, 0.29) is 23.3 Å². The van der Waals surface area contributed by atoms with Crippen LogP contribution in [0, 0.1) is 19.8 Å². The average Bonchev–Trinajstić information content (AvgIpc) is 3.18. The first kappa shape index (κ1) is 19.7. The molecule has 146 valence electrons. The molecule has 1 aliphatic rings. The summed E-state index contributed by atoms with van der Waals surface area (Å²) in [4.78, 5) is 12.8. The lowest BCUT2D eigenvalue weighted by molar-refractivity contribution is -0.125. The minimum atomic E-state index is -3.71. The van der Waals surface area contributed by atoms with Gasteiger partial charge >= 0.3 is 0 Å². The Morgan fingerprint density at radius 1 is 1.19 bits per heavy atom. The third kappa shape index (κ3) is 4.43. The summed E-state index contributed by atoms with van der Waals surface area (Å²) in [7, 11) is -3.71. The van der Waals surface area contributed by atoms with E-state index >= 15 is 0 Å². The maximum absolute atomic E-state index is 13.4. The fourth-order valence-electron chi connectivity index (χ4n) is 3.71. The maximum atomic E-state index is 13.4. The van der Waals surface area contributed by atoms with Gasteiger partial charge in [0.1, 0.15) is 11.0 Å². The van der Waals surface area contributed by atoms with Gasteiger partial charge in [0, 0.05) is 12.5 Å². The van der Waals surface area contributed by atoms with Crippen molar-refractivity contribution in [2.24, 2.45) is 5.92 Å². The van der Waals surface area contributed by atoms with Crippen molar-refractivity contribution in [3.63, 3.8) is 0 Å². The van der Waals surface area contributed by atoms with Crippen molar-refractivity contribution in [3.8, 4) is 0 Å². The van der Waals surface area contributed by atoms with Crippen molar-refractivity contribution < 1.29 is 17.6 Å². The van der Waals surface area contributed by atoms with Gasteiger partial charge in [0.25, 0.3) is 0 Å².